The van der Waals surface area contributed by atoms with Crippen LogP contribution in [0.5, 0.6) is 0 Å². The topological polar surface area (TPSA) is 48.3 Å². The second-order valence-electron chi connectivity index (χ2n) is 6.59. The fourth-order valence-corrected chi connectivity index (χ4v) is 3.01. The Morgan fingerprint density at radius 2 is 1.64 bits per heavy atom. The summed E-state index contributed by atoms with van der Waals surface area (Å²) < 4.78 is 6.91. The van der Waals surface area contributed by atoms with Crippen molar-refractivity contribution >= 4 is 22.8 Å². The van der Waals surface area contributed by atoms with E-state index < -0.39 is 0 Å². The van der Waals surface area contributed by atoms with Crippen molar-refractivity contribution in [1.29, 1.82) is 0 Å². The molecule has 0 radical (unpaired) electrons. The largest absolute Gasteiger partial charge is 0.462 e. The van der Waals surface area contributed by atoms with Crippen molar-refractivity contribution in [2.24, 2.45) is 0 Å². The van der Waals surface area contributed by atoms with Gasteiger partial charge in [-0.1, -0.05) is 57.9 Å². The van der Waals surface area contributed by atoms with Gasteiger partial charge in [-0.05, 0) is 24.6 Å². The number of benzene rings is 1. The van der Waals surface area contributed by atoms with Gasteiger partial charge in [-0.3, -0.25) is 9.36 Å². The van der Waals surface area contributed by atoms with E-state index >= 15 is 0 Å². The SMILES string of the molecule is CCCCCCCCCCOC(=O)c1ccc2ccn(C(C)=O)c2c1. The van der Waals surface area contributed by atoms with E-state index in [1.54, 1.807) is 22.9 Å². The zero-order chi connectivity index (χ0) is 18.1. The highest BCUT2D eigenvalue weighted by atomic mass is 16.5. The minimum Gasteiger partial charge on any atom is -0.462 e. The first-order chi connectivity index (χ1) is 12.1. The monoisotopic (exact) mass is 343 g/mol. The highest BCUT2D eigenvalue weighted by Gasteiger charge is 2.11. The van der Waals surface area contributed by atoms with Gasteiger partial charge in [-0.25, -0.2) is 4.79 Å². The van der Waals surface area contributed by atoms with Crippen LogP contribution in [0.15, 0.2) is 30.5 Å². The molecule has 0 N–H and O–H groups in total. The third kappa shape index (κ3) is 5.73. The molecule has 2 aromatic rings. The Balaban J connectivity index is 1.75. The van der Waals surface area contributed by atoms with Gasteiger partial charge in [0.2, 0.25) is 5.91 Å². The molecule has 0 spiro atoms. The standard InChI is InChI=1S/C21H29NO3/c1-3-4-5-6-7-8-9-10-15-25-21(24)19-12-11-18-13-14-22(17(2)23)20(18)16-19/h11-14,16H,3-10,15H2,1-2H3. The second-order valence-corrected chi connectivity index (χ2v) is 6.59. The summed E-state index contributed by atoms with van der Waals surface area (Å²) in [5, 5.41) is 0.940. The van der Waals surface area contributed by atoms with Crippen LogP contribution >= 0.6 is 0 Å². The van der Waals surface area contributed by atoms with E-state index in [4.69, 9.17) is 4.74 Å². The number of hydrogen-bond acceptors (Lipinski definition) is 3. The van der Waals surface area contributed by atoms with Crippen LogP contribution in [0.1, 0.15) is 80.4 Å². The van der Waals surface area contributed by atoms with Gasteiger partial charge in [-0.2, -0.15) is 0 Å². The molecule has 136 valence electrons. The summed E-state index contributed by atoms with van der Waals surface area (Å²) in [6, 6.07) is 7.20. The number of hydrogen-bond donors (Lipinski definition) is 0. The van der Waals surface area contributed by atoms with Crippen molar-refractivity contribution in [2.45, 2.75) is 65.2 Å². The molecule has 0 bridgehead atoms. The summed E-state index contributed by atoms with van der Waals surface area (Å²) in [5.74, 6) is -0.388. The lowest BCUT2D eigenvalue weighted by atomic mass is 10.1. The van der Waals surface area contributed by atoms with Gasteiger partial charge in [0.1, 0.15) is 0 Å². The number of carbonyl (C=O) groups is 2. The molecule has 2 rings (SSSR count). The van der Waals surface area contributed by atoms with Crippen molar-refractivity contribution < 1.29 is 14.3 Å². The van der Waals surface area contributed by atoms with E-state index in [9.17, 15) is 9.59 Å². The average Bonchev–Trinajstić information content (AvgIpc) is 3.03. The quantitative estimate of drug-likeness (QED) is 0.417. The zero-order valence-electron chi connectivity index (χ0n) is 15.4. The summed E-state index contributed by atoms with van der Waals surface area (Å²) in [7, 11) is 0. The molecular weight excluding hydrogens is 314 g/mol. The van der Waals surface area contributed by atoms with E-state index in [1.807, 2.05) is 12.1 Å². The lowest BCUT2D eigenvalue weighted by Crippen LogP contribution is -2.08. The van der Waals surface area contributed by atoms with Gasteiger partial charge >= 0.3 is 5.97 Å². The van der Waals surface area contributed by atoms with E-state index in [-0.39, 0.29) is 11.9 Å². The van der Waals surface area contributed by atoms with E-state index in [2.05, 4.69) is 6.92 Å². The maximum Gasteiger partial charge on any atom is 0.338 e. The molecule has 0 saturated heterocycles. The van der Waals surface area contributed by atoms with Crippen molar-refractivity contribution in [3.05, 3.63) is 36.0 Å². The summed E-state index contributed by atoms with van der Waals surface area (Å²) in [4.78, 5) is 23.8. The first-order valence-corrected chi connectivity index (χ1v) is 9.42. The molecule has 4 heteroatoms. The first kappa shape index (κ1) is 19.2. The molecule has 0 aliphatic heterocycles. The lowest BCUT2D eigenvalue weighted by Gasteiger charge is -2.06. The van der Waals surface area contributed by atoms with E-state index in [0.29, 0.717) is 12.2 Å². The molecule has 0 atom stereocenters. The van der Waals surface area contributed by atoms with Gasteiger partial charge in [-0.15, -0.1) is 0 Å². The van der Waals surface area contributed by atoms with Crippen LogP contribution < -0.4 is 0 Å². The van der Waals surface area contributed by atoms with Crippen LogP contribution in [0.3, 0.4) is 0 Å². The van der Waals surface area contributed by atoms with Gasteiger partial charge in [0.25, 0.3) is 0 Å². The number of ether oxygens (including phenoxy) is 1. The van der Waals surface area contributed by atoms with Crippen molar-refractivity contribution in [3.63, 3.8) is 0 Å². The maximum absolute atomic E-state index is 12.2. The molecule has 0 aliphatic rings. The molecule has 4 nitrogen and oxygen atoms in total. The Labute approximate surface area is 150 Å². The highest BCUT2D eigenvalue weighted by Crippen LogP contribution is 2.18. The van der Waals surface area contributed by atoms with Crippen LogP contribution in [0.4, 0.5) is 0 Å². The Bertz CT molecular complexity index is 702. The smallest absolute Gasteiger partial charge is 0.338 e. The number of carbonyl (C=O) groups excluding carboxylic acids is 2. The van der Waals surface area contributed by atoms with Crippen molar-refractivity contribution in [2.75, 3.05) is 6.61 Å². The van der Waals surface area contributed by atoms with Crippen LogP contribution in [0.2, 0.25) is 0 Å². The predicted molar refractivity (Wildman–Crippen MR) is 101 cm³/mol. The van der Waals surface area contributed by atoms with E-state index in [0.717, 1.165) is 23.7 Å². The third-order valence-electron chi connectivity index (χ3n) is 4.50. The number of esters is 1. The molecule has 0 fully saturated rings. The Morgan fingerprint density at radius 3 is 2.32 bits per heavy atom. The van der Waals surface area contributed by atoms with Crippen molar-refractivity contribution in [1.82, 2.24) is 4.57 Å². The lowest BCUT2D eigenvalue weighted by molar-refractivity contribution is 0.0497. The molecule has 1 heterocycles. The average molecular weight is 343 g/mol. The maximum atomic E-state index is 12.2. The molecule has 1 aromatic carbocycles. The summed E-state index contributed by atoms with van der Waals surface area (Å²) in [5.41, 5.74) is 1.24. The minimum absolute atomic E-state index is 0.0699. The molecule has 0 aliphatic carbocycles. The second kappa shape index (κ2) is 10.0. The highest BCUT2D eigenvalue weighted by molar-refractivity contribution is 5.97. The molecular formula is C21H29NO3. The third-order valence-corrected chi connectivity index (χ3v) is 4.50. The summed E-state index contributed by atoms with van der Waals surface area (Å²) >= 11 is 0. The molecule has 1 aromatic heterocycles. The van der Waals surface area contributed by atoms with Crippen LogP contribution in [-0.2, 0) is 4.74 Å². The van der Waals surface area contributed by atoms with Crippen LogP contribution in [0, 0.1) is 0 Å². The Hall–Kier alpha value is -2.10. The fraction of sp³-hybridized carbons (Fsp3) is 0.524. The number of aromatic nitrogens is 1. The van der Waals surface area contributed by atoms with Gasteiger partial charge in [0.05, 0.1) is 17.7 Å². The number of unbranched alkanes of at least 4 members (excludes halogenated alkanes) is 7. The first-order valence-electron chi connectivity index (χ1n) is 9.42. The minimum atomic E-state index is -0.318. The summed E-state index contributed by atoms with van der Waals surface area (Å²) in [6.45, 7) is 4.19. The zero-order valence-corrected chi connectivity index (χ0v) is 15.4. The van der Waals surface area contributed by atoms with Gasteiger partial charge < -0.3 is 4.74 Å². The molecule has 0 unspecified atom stereocenters. The normalized spacial score (nSPS) is 11.0. The van der Waals surface area contributed by atoms with Gasteiger partial charge in [0, 0.05) is 18.5 Å². The van der Waals surface area contributed by atoms with Crippen LogP contribution in [-0.4, -0.2) is 23.1 Å². The fourth-order valence-electron chi connectivity index (χ4n) is 3.01. The van der Waals surface area contributed by atoms with E-state index in [1.165, 1.54) is 45.4 Å². The Kier molecular flexibility index (Phi) is 7.71. The number of rotatable bonds is 10. The number of nitrogens with zero attached hydrogens (tertiary/aromatic N) is 1. The predicted octanol–water partition coefficient (Wildman–Crippen LogP) is 5.60. The van der Waals surface area contributed by atoms with Crippen molar-refractivity contribution in [3.8, 4) is 0 Å². The molecule has 0 amide bonds. The number of fused-ring (bicyclic) bond motifs is 1. The van der Waals surface area contributed by atoms with Gasteiger partial charge in [0.15, 0.2) is 0 Å². The van der Waals surface area contributed by atoms with Crippen LogP contribution in [0.25, 0.3) is 10.9 Å². The molecule has 0 saturated carbocycles. The molecule has 25 heavy (non-hydrogen) atoms. The Morgan fingerprint density at radius 1 is 0.960 bits per heavy atom. The summed E-state index contributed by atoms with van der Waals surface area (Å²) in [6.07, 6.45) is 11.5.